The second-order valence-corrected chi connectivity index (χ2v) is 8.43. The Balaban J connectivity index is 0.000000206. The summed E-state index contributed by atoms with van der Waals surface area (Å²) in [6, 6.07) is 18.2. The van der Waals surface area contributed by atoms with E-state index >= 15 is 0 Å². The Kier molecular flexibility index (Phi) is 7.80. The fourth-order valence-electron chi connectivity index (χ4n) is 2.99. The summed E-state index contributed by atoms with van der Waals surface area (Å²) in [6.45, 7) is 2.50. The lowest BCUT2D eigenvalue weighted by molar-refractivity contribution is -0.132. The maximum atomic E-state index is 12.0. The summed E-state index contributed by atoms with van der Waals surface area (Å²) in [7, 11) is 0. The molecule has 1 saturated heterocycles. The minimum Gasteiger partial charge on any atom is -0.342 e. The lowest BCUT2D eigenvalue weighted by Gasteiger charge is -2.32. The third kappa shape index (κ3) is 6.57. The summed E-state index contributed by atoms with van der Waals surface area (Å²) in [4.78, 5) is 27.1. The molecule has 6 heteroatoms. The number of thioether (sulfide) groups is 1. The molecule has 0 aromatic heterocycles. The minimum atomic E-state index is 0.116. The quantitative estimate of drug-likeness (QED) is 0.539. The Morgan fingerprint density at radius 3 is 2.21 bits per heavy atom. The summed E-state index contributed by atoms with van der Waals surface area (Å²) < 4.78 is 0. The van der Waals surface area contributed by atoms with E-state index in [9.17, 15) is 9.59 Å². The fourth-order valence-corrected chi connectivity index (χ4v) is 3.91. The highest BCUT2D eigenvalue weighted by atomic mass is 35.5. The van der Waals surface area contributed by atoms with Crippen LogP contribution in [-0.4, -0.2) is 54.0 Å². The van der Waals surface area contributed by atoms with Crippen molar-refractivity contribution in [2.75, 3.05) is 31.9 Å². The van der Waals surface area contributed by atoms with Crippen LogP contribution in [0.5, 0.6) is 0 Å². The van der Waals surface area contributed by atoms with E-state index in [1.165, 1.54) is 30.2 Å². The SMILES string of the molecule is O=CN1CCN(C(=O)CSc2ccc(Cl)cc2)CC1.c1ccc(C2CC2)cc1. The van der Waals surface area contributed by atoms with Crippen LogP contribution in [0.15, 0.2) is 59.5 Å². The van der Waals surface area contributed by atoms with E-state index in [1.54, 1.807) is 4.90 Å². The second-order valence-electron chi connectivity index (χ2n) is 6.95. The van der Waals surface area contributed by atoms with Gasteiger partial charge < -0.3 is 9.80 Å². The maximum absolute atomic E-state index is 12.0. The van der Waals surface area contributed by atoms with Gasteiger partial charge in [0.2, 0.25) is 12.3 Å². The molecule has 0 atom stereocenters. The molecule has 0 radical (unpaired) electrons. The van der Waals surface area contributed by atoms with Gasteiger partial charge in [-0.25, -0.2) is 0 Å². The molecule has 1 aliphatic heterocycles. The molecule has 2 aliphatic rings. The van der Waals surface area contributed by atoms with E-state index in [0.717, 1.165) is 17.2 Å². The van der Waals surface area contributed by atoms with Gasteiger partial charge in [0.15, 0.2) is 0 Å². The largest absolute Gasteiger partial charge is 0.342 e. The molecule has 2 aromatic carbocycles. The normalized spacial score (nSPS) is 16.2. The highest BCUT2D eigenvalue weighted by Gasteiger charge is 2.22. The number of amides is 2. The third-order valence-corrected chi connectivity index (χ3v) is 6.09. The molecule has 1 heterocycles. The van der Waals surface area contributed by atoms with Crippen molar-refractivity contribution in [2.24, 2.45) is 0 Å². The van der Waals surface area contributed by atoms with Gasteiger partial charge in [0.05, 0.1) is 5.75 Å². The van der Waals surface area contributed by atoms with Gasteiger partial charge in [-0.05, 0) is 48.6 Å². The van der Waals surface area contributed by atoms with E-state index in [4.69, 9.17) is 11.6 Å². The molecule has 1 aliphatic carbocycles. The van der Waals surface area contributed by atoms with Crippen molar-refractivity contribution in [3.05, 3.63) is 65.2 Å². The van der Waals surface area contributed by atoms with Gasteiger partial charge in [-0.2, -0.15) is 0 Å². The monoisotopic (exact) mass is 416 g/mol. The molecule has 1 saturated carbocycles. The molecule has 4 nitrogen and oxygen atoms in total. The summed E-state index contributed by atoms with van der Waals surface area (Å²) in [5, 5.41) is 0.695. The van der Waals surface area contributed by atoms with E-state index in [1.807, 2.05) is 29.2 Å². The van der Waals surface area contributed by atoms with E-state index in [0.29, 0.717) is 37.0 Å². The van der Waals surface area contributed by atoms with Gasteiger partial charge in [0, 0.05) is 36.1 Å². The van der Waals surface area contributed by atoms with Crippen molar-refractivity contribution < 1.29 is 9.59 Å². The highest BCUT2D eigenvalue weighted by Crippen LogP contribution is 2.39. The zero-order valence-corrected chi connectivity index (χ0v) is 17.4. The number of nitrogens with zero attached hydrogens (tertiary/aromatic N) is 2. The van der Waals surface area contributed by atoms with E-state index < -0.39 is 0 Å². The molecule has 0 spiro atoms. The van der Waals surface area contributed by atoms with Crippen LogP contribution in [0.2, 0.25) is 5.02 Å². The lowest BCUT2D eigenvalue weighted by atomic mass is 10.1. The Labute approximate surface area is 175 Å². The van der Waals surface area contributed by atoms with Crippen LogP contribution < -0.4 is 0 Å². The third-order valence-electron chi connectivity index (χ3n) is 4.84. The number of benzene rings is 2. The van der Waals surface area contributed by atoms with E-state index in [-0.39, 0.29) is 5.91 Å². The zero-order chi connectivity index (χ0) is 19.8. The standard InChI is InChI=1S/C13H15ClN2O2S.C9H10/c14-11-1-3-12(4-2-11)19-9-13(18)16-7-5-15(10-17)6-8-16;1-2-4-8(5-3-1)9-6-7-9/h1-4,10H,5-9H2;1-5,9H,6-7H2. The minimum absolute atomic E-state index is 0.116. The van der Waals surface area contributed by atoms with Gasteiger partial charge in [-0.3, -0.25) is 9.59 Å². The first-order valence-corrected chi connectivity index (χ1v) is 10.9. The molecular formula is C22H25ClN2O2S. The summed E-state index contributed by atoms with van der Waals surface area (Å²) in [5.41, 5.74) is 1.53. The van der Waals surface area contributed by atoms with Crippen LogP contribution in [0.3, 0.4) is 0 Å². The number of piperazine rings is 1. The van der Waals surface area contributed by atoms with Gasteiger partial charge in [0.25, 0.3) is 0 Å². The van der Waals surface area contributed by atoms with Gasteiger partial charge in [-0.1, -0.05) is 41.9 Å². The lowest BCUT2D eigenvalue weighted by Crippen LogP contribution is -2.48. The van der Waals surface area contributed by atoms with Crippen molar-refractivity contribution in [3.8, 4) is 0 Å². The van der Waals surface area contributed by atoms with Crippen molar-refractivity contribution in [3.63, 3.8) is 0 Å². The van der Waals surface area contributed by atoms with Crippen LogP contribution in [0.1, 0.15) is 24.3 Å². The molecule has 28 heavy (non-hydrogen) atoms. The molecule has 2 aromatic rings. The van der Waals surface area contributed by atoms with Crippen molar-refractivity contribution in [1.29, 1.82) is 0 Å². The predicted octanol–water partition coefficient (Wildman–Crippen LogP) is 4.30. The molecule has 0 bridgehead atoms. The molecule has 2 amide bonds. The number of hydrogen-bond acceptors (Lipinski definition) is 3. The average molecular weight is 417 g/mol. The highest BCUT2D eigenvalue weighted by molar-refractivity contribution is 8.00. The van der Waals surface area contributed by atoms with Crippen molar-refractivity contribution in [1.82, 2.24) is 9.80 Å². The first-order chi connectivity index (χ1) is 13.7. The van der Waals surface area contributed by atoms with Crippen LogP contribution in [0.4, 0.5) is 0 Å². The number of carbonyl (C=O) groups is 2. The molecular weight excluding hydrogens is 392 g/mol. The first kappa shape index (κ1) is 20.7. The smallest absolute Gasteiger partial charge is 0.233 e. The molecule has 4 rings (SSSR count). The van der Waals surface area contributed by atoms with Crippen LogP contribution >= 0.6 is 23.4 Å². The number of carbonyl (C=O) groups excluding carboxylic acids is 2. The van der Waals surface area contributed by atoms with Gasteiger partial charge in [-0.15, -0.1) is 11.8 Å². The number of hydrogen-bond donors (Lipinski definition) is 0. The second kappa shape index (κ2) is 10.5. The Morgan fingerprint density at radius 1 is 1.00 bits per heavy atom. The van der Waals surface area contributed by atoms with Crippen molar-refractivity contribution >= 4 is 35.7 Å². The molecule has 148 valence electrons. The number of halogens is 1. The summed E-state index contributed by atoms with van der Waals surface area (Å²) in [6.07, 6.45) is 3.65. The topological polar surface area (TPSA) is 40.6 Å². The number of rotatable bonds is 5. The van der Waals surface area contributed by atoms with Crippen molar-refractivity contribution in [2.45, 2.75) is 23.7 Å². The first-order valence-electron chi connectivity index (χ1n) is 9.56. The summed E-state index contributed by atoms with van der Waals surface area (Å²) >= 11 is 7.31. The van der Waals surface area contributed by atoms with Gasteiger partial charge in [0.1, 0.15) is 0 Å². The average Bonchev–Trinajstić information content (AvgIpc) is 3.60. The Bertz CT molecular complexity index is 758. The van der Waals surface area contributed by atoms with Gasteiger partial charge >= 0.3 is 0 Å². The predicted molar refractivity (Wildman–Crippen MR) is 115 cm³/mol. The Morgan fingerprint density at radius 2 is 1.64 bits per heavy atom. The Hall–Kier alpha value is -1.98. The van der Waals surface area contributed by atoms with Crippen LogP contribution in [0, 0.1) is 0 Å². The zero-order valence-electron chi connectivity index (χ0n) is 15.8. The van der Waals surface area contributed by atoms with E-state index in [2.05, 4.69) is 30.3 Å². The molecule has 0 unspecified atom stereocenters. The molecule has 2 fully saturated rings. The maximum Gasteiger partial charge on any atom is 0.233 e. The fraction of sp³-hybridized carbons (Fsp3) is 0.364. The molecule has 0 N–H and O–H groups in total. The van der Waals surface area contributed by atoms with Crippen LogP contribution in [0.25, 0.3) is 0 Å². The summed E-state index contributed by atoms with van der Waals surface area (Å²) in [5.74, 6) is 1.44. The van der Waals surface area contributed by atoms with Crippen LogP contribution in [-0.2, 0) is 9.59 Å².